The number of anilines is 1. The first-order valence-corrected chi connectivity index (χ1v) is 9.00. The Kier molecular flexibility index (Phi) is 4.36. The van der Waals surface area contributed by atoms with Crippen molar-refractivity contribution in [1.29, 1.82) is 0 Å². The van der Waals surface area contributed by atoms with Crippen molar-refractivity contribution in [2.24, 2.45) is 13.0 Å². The number of pyridine rings is 1. The van der Waals surface area contributed by atoms with E-state index in [2.05, 4.69) is 14.9 Å². The van der Waals surface area contributed by atoms with E-state index < -0.39 is 6.10 Å². The van der Waals surface area contributed by atoms with Crippen LogP contribution in [0, 0.1) is 18.7 Å². The van der Waals surface area contributed by atoms with Gasteiger partial charge in [0.05, 0.1) is 0 Å². The van der Waals surface area contributed by atoms with Crippen LogP contribution in [-0.4, -0.2) is 32.7 Å². The van der Waals surface area contributed by atoms with Crippen LogP contribution in [-0.2, 0) is 7.05 Å². The maximum Gasteiger partial charge on any atom is 0.149 e. The Hall–Kier alpha value is -2.47. The molecule has 136 valence electrons. The number of hydrogen-bond acceptors (Lipinski definition) is 4. The van der Waals surface area contributed by atoms with Crippen LogP contribution in [0.4, 0.5) is 10.1 Å². The van der Waals surface area contributed by atoms with Gasteiger partial charge < -0.3 is 14.6 Å². The van der Waals surface area contributed by atoms with Gasteiger partial charge in [0.1, 0.15) is 23.3 Å². The molecule has 0 spiro atoms. The first-order chi connectivity index (χ1) is 12.5. The largest absolute Gasteiger partial charge is 0.385 e. The minimum atomic E-state index is -0.550. The highest BCUT2D eigenvalue weighted by atomic mass is 19.1. The van der Waals surface area contributed by atoms with E-state index in [1.54, 1.807) is 12.3 Å². The molecule has 26 heavy (non-hydrogen) atoms. The van der Waals surface area contributed by atoms with Crippen LogP contribution >= 0.6 is 0 Å². The van der Waals surface area contributed by atoms with Crippen LogP contribution in [0.3, 0.4) is 0 Å². The molecule has 6 heteroatoms. The van der Waals surface area contributed by atoms with Gasteiger partial charge in [-0.2, -0.15) is 0 Å². The molecule has 3 aromatic rings. The fourth-order valence-corrected chi connectivity index (χ4v) is 3.91. The predicted octanol–water partition coefficient (Wildman–Crippen LogP) is 3.37. The van der Waals surface area contributed by atoms with E-state index in [0.29, 0.717) is 5.52 Å². The van der Waals surface area contributed by atoms with Crippen LogP contribution in [0.15, 0.2) is 36.7 Å². The van der Waals surface area contributed by atoms with Crippen molar-refractivity contribution in [3.63, 3.8) is 0 Å². The fraction of sp³-hybridized carbons (Fsp3) is 0.400. The number of piperidine rings is 1. The van der Waals surface area contributed by atoms with Crippen LogP contribution in [0.5, 0.6) is 0 Å². The average Bonchev–Trinajstić information content (AvgIpc) is 3.07. The number of aliphatic hydroxyl groups is 1. The molecular weight excluding hydrogens is 331 g/mol. The molecule has 1 N–H and O–H groups in total. The van der Waals surface area contributed by atoms with E-state index in [-0.39, 0.29) is 11.7 Å². The Bertz CT molecular complexity index is 931. The molecule has 0 radical (unpaired) electrons. The van der Waals surface area contributed by atoms with Crippen LogP contribution in [0.25, 0.3) is 10.9 Å². The molecule has 0 saturated carbocycles. The van der Waals surface area contributed by atoms with Crippen molar-refractivity contribution in [3.05, 3.63) is 54.0 Å². The smallest absolute Gasteiger partial charge is 0.149 e. The second-order valence-corrected chi connectivity index (χ2v) is 7.08. The number of rotatable bonds is 3. The molecule has 1 fully saturated rings. The van der Waals surface area contributed by atoms with E-state index in [1.807, 2.05) is 36.9 Å². The Morgan fingerprint density at radius 2 is 2.04 bits per heavy atom. The molecule has 4 rings (SSSR count). The number of aromatic nitrogens is 3. The van der Waals surface area contributed by atoms with Crippen LogP contribution < -0.4 is 4.90 Å². The summed E-state index contributed by atoms with van der Waals surface area (Å²) in [6.45, 7) is 3.54. The van der Waals surface area contributed by atoms with Gasteiger partial charge in [0.15, 0.2) is 0 Å². The predicted molar refractivity (Wildman–Crippen MR) is 99.5 cm³/mol. The van der Waals surface area contributed by atoms with Gasteiger partial charge in [-0.15, -0.1) is 0 Å². The maximum absolute atomic E-state index is 14.2. The quantitative estimate of drug-likeness (QED) is 0.784. The van der Waals surface area contributed by atoms with Gasteiger partial charge in [0.25, 0.3) is 0 Å². The summed E-state index contributed by atoms with van der Waals surface area (Å²) < 4.78 is 16.0. The molecule has 0 amide bonds. The molecule has 3 heterocycles. The van der Waals surface area contributed by atoms with Crippen molar-refractivity contribution >= 4 is 16.6 Å². The Balaban J connectivity index is 1.56. The van der Waals surface area contributed by atoms with Crippen molar-refractivity contribution in [1.82, 2.24) is 14.5 Å². The number of aliphatic hydroxyl groups excluding tert-OH is 1. The van der Waals surface area contributed by atoms with Gasteiger partial charge in [-0.1, -0.05) is 12.1 Å². The van der Waals surface area contributed by atoms with Gasteiger partial charge in [0.2, 0.25) is 0 Å². The Labute approximate surface area is 152 Å². The number of halogens is 1. The standard InChI is InChI=1S/C20H23FN4O/c1-13-12-17(15-4-3-5-16(21)18(15)23-13)25-9-6-14(7-10-25)19(26)20-22-8-11-24(20)2/h3-5,8,11-12,14,19,26H,6-7,9-10H2,1-2H3. The summed E-state index contributed by atoms with van der Waals surface area (Å²) in [6, 6.07) is 7.13. The first-order valence-electron chi connectivity index (χ1n) is 9.00. The average molecular weight is 354 g/mol. The molecule has 1 atom stereocenters. The summed E-state index contributed by atoms with van der Waals surface area (Å²) >= 11 is 0. The molecule has 0 aliphatic carbocycles. The van der Waals surface area contributed by atoms with E-state index in [9.17, 15) is 9.50 Å². The second kappa shape index (κ2) is 6.68. The van der Waals surface area contributed by atoms with Crippen molar-refractivity contribution < 1.29 is 9.50 Å². The fourth-order valence-electron chi connectivity index (χ4n) is 3.91. The molecule has 1 saturated heterocycles. The minimum Gasteiger partial charge on any atom is -0.385 e. The number of hydrogen-bond donors (Lipinski definition) is 1. The summed E-state index contributed by atoms with van der Waals surface area (Å²) in [5.41, 5.74) is 2.27. The highest BCUT2D eigenvalue weighted by molar-refractivity contribution is 5.92. The Morgan fingerprint density at radius 1 is 1.27 bits per heavy atom. The summed E-state index contributed by atoms with van der Waals surface area (Å²) in [5.74, 6) is 0.613. The number of para-hydroxylation sites is 1. The van der Waals surface area contributed by atoms with Crippen molar-refractivity contribution in [2.45, 2.75) is 25.9 Å². The lowest BCUT2D eigenvalue weighted by atomic mass is 9.90. The molecular formula is C20H23FN4O. The zero-order chi connectivity index (χ0) is 18.3. The Morgan fingerprint density at radius 3 is 2.73 bits per heavy atom. The molecule has 1 aromatic carbocycles. The van der Waals surface area contributed by atoms with E-state index in [4.69, 9.17) is 0 Å². The zero-order valence-electron chi connectivity index (χ0n) is 15.1. The van der Waals surface area contributed by atoms with E-state index in [1.165, 1.54) is 6.07 Å². The topological polar surface area (TPSA) is 54.2 Å². The lowest BCUT2D eigenvalue weighted by Crippen LogP contribution is -2.36. The molecule has 0 bridgehead atoms. The SMILES string of the molecule is Cc1cc(N2CCC(C(O)c3nccn3C)CC2)c2cccc(F)c2n1. The number of nitrogens with zero attached hydrogens (tertiary/aromatic N) is 4. The third kappa shape index (κ3) is 2.94. The number of benzene rings is 1. The van der Waals surface area contributed by atoms with Crippen LogP contribution in [0.2, 0.25) is 0 Å². The number of fused-ring (bicyclic) bond motifs is 1. The third-order valence-corrected chi connectivity index (χ3v) is 5.35. The van der Waals surface area contributed by atoms with Gasteiger partial charge >= 0.3 is 0 Å². The number of aryl methyl sites for hydroxylation is 2. The minimum absolute atomic E-state index is 0.179. The first kappa shape index (κ1) is 17.0. The second-order valence-electron chi connectivity index (χ2n) is 7.08. The van der Waals surface area contributed by atoms with Crippen LogP contribution in [0.1, 0.15) is 30.5 Å². The lowest BCUT2D eigenvalue weighted by molar-refractivity contribution is 0.0825. The summed E-state index contributed by atoms with van der Waals surface area (Å²) in [7, 11) is 1.90. The van der Waals surface area contributed by atoms with Crippen molar-refractivity contribution in [3.8, 4) is 0 Å². The summed E-state index contributed by atoms with van der Waals surface area (Å²) in [5, 5.41) is 11.5. The van der Waals surface area contributed by atoms with E-state index in [0.717, 1.165) is 48.5 Å². The summed E-state index contributed by atoms with van der Waals surface area (Å²) in [6.07, 6.45) is 4.76. The third-order valence-electron chi connectivity index (χ3n) is 5.35. The molecule has 2 aromatic heterocycles. The lowest BCUT2D eigenvalue weighted by Gasteiger charge is -2.36. The molecule has 5 nitrogen and oxygen atoms in total. The zero-order valence-corrected chi connectivity index (χ0v) is 15.1. The molecule has 1 aliphatic heterocycles. The maximum atomic E-state index is 14.2. The van der Waals surface area contributed by atoms with E-state index >= 15 is 0 Å². The summed E-state index contributed by atoms with van der Waals surface area (Å²) in [4.78, 5) is 10.9. The van der Waals surface area contributed by atoms with Gasteiger partial charge in [-0.05, 0) is 37.8 Å². The van der Waals surface area contributed by atoms with Gasteiger partial charge in [0, 0.05) is 49.3 Å². The van der Waals surface area contributed by atoms with Crippen molar-refractivity contribution in [2.75, 3.05) is 18.0 Å². The molecule has 1 unspecified atom stereocenters. The normalized spacial score (nSPS) is 17.0. The highest BCUT2D eigenvalue weighted by Crippen LogP contribution is 2.34. The highest BCUT2D eigenvalue weighted by Gasteiger charge is 2.29. The number of imidazole rings is 1. The van der Waals surface area contributed by atoms with Gasteiger partial charge in [-0.3, -0.25) is 0 Å². The van der Waals surface area contributed by atoms with Gasteiger partial charge in [-0.25, -0.2) is 14.4 Å². The monoisotopic (exact) mass is 354 g/mol. The molecule has 1 aliphatic rings.